The summed E-state index contributed by atoms with van der Waals surface area (Å²) in [6.07, 6.45) is 2.14. The molecule has 1 aliphatic rings. The van der Waals surface area contributed by atoms with Gasteiger partial charge in [0.25, 0.3) is 0 Å². The maximum absolute atomic E-state index is 9.42. The quantitative estimate of drug-likeness (QED) is 0.825. The second-order valence-electron chi connectivity index (χ2n) is 4.94. The van der Waals surface area contributed by atoms with Crippen LogP contribution in [-0.2, 0) is 0 Å². The van der Waals surface area contributed by atoms with Crippen LogP contribution in [-0.4, -0.2) is 33.4 Å². The Hall–Kier alpha value is -1.93. The van der Waals surface area contributed by atoms with Crippen LogP contribution >= 0.6 is 0 Å². The van der Waals surface area contributed by atoms with Crippen LogP contribution < -0.4 is 19.5 Å². The van der Waals surface area contributed by atoms with E-state index in [2.05, 4.69) is 11.4 Å². The van der Waals surface area contributed by atoms with Crippen LogP contribution in [0.4, 0.5) is 0 Å². The minimum Gasteiger partial charge on any atom is -0.496 e. The third-order valence-corrected chi connectivity index (χ3v) is 3.71. The van der Waals surface area contributed by atoms with Gasteiger partial charge >= 0.3 is 0 Å². The third kappa shape index (κ3) is 2.97. The van der Waals surface area contributed by atoms with Crippen molar-refractivity contribution in [3.8, 4) is 23.3 Å². The van der Waals surface area contributed by atoms with Crippen molar-refractivity contribution >= 4 is 0 Å². The van der Waals surface area contributed by atoms with E-state index in [1.807, 2.05) is 0 Å². The van der Waals surface area contributed by atoms with Crippen LogP contribution in [0.5, 0.6) is 17.2 Å². The number of nitrogens with zero attached hydrogens (tertiary/aromatic N) is 1. The molecule has 1 unspecified atom stereocenters. The molecule has 1 atom stereocenters. The first-order chi connectivity index (χ1) is 9.67. The number of methoxy groups -OCH3 is 2. The molecule has 1 saturated carbocycles. The molecule has 1 aromatic rings. The van der Waals surface area contributed by atoms with Gasteiger partial charge in [-0.3, -0.25) is 5.32 Å². The zero-order chi connectivity index (χ0) is 14.6. The maximum atomic E-state index is 9.42. The van der Waals surface area contributed by atoms with Crippen LogP contribution in [0.15, 0.2) is 18.2 Å². The van der Waals surface area contributed by atoms with Crippen molar-refractivity contribution in [3.63, 3.8) is 0 Å². The average Bonchev–Trinajstić information content (AvgIpc) is 3.33. The number of ether oxygens (including phenoxy) is 3. The van der Waals surface area contributed by atoms with Crippen molar-refractivity contribution < 1.29 is 14.2 Å². The standard InChI is InChI=1S/C15H20N2O3/c1-17-15(9-16,11-4-5-11)10-20-14-7-12(18-2)6-13(8-14)19-3/h6-8,11,17H,4-5,10H2,1-3H3. The molecule has 1 aliphatic carbocycles. The number of likely N-dealkylation sites (N-methyl/N-ethyl adjacent to an activating group) is 1. The molecule has 0 spiro atoms. The molecule has 0 aliphatic heterocycles. The second kappa shape index (κ2) is 6.02. The first-order valence-corrected chi connectivity index (χ1v) is 6.63. The summed E-state index contributed by atoms with van der Waals surface area (Å²) in [6.45, 7) is 0.307. The van der Waals surface area contributed by atoms with Gasteiger partial charge in [-0.1, -0.05) is 0 Å². The summed E-state index contributed by atoms with van der Waals surface area (Å²) < 4.78 is 16.2. The lowest BCUT2D eigenvalue weighted by molar-refractivity contribution is 0.209. The summed E-state index contributed by atoms with van der Waals surface area (Å²) >= 11 is 0. The molecule has 0 heterocycles. The van der Waals surface area contributed by atoms with E-state index >= 15 is 0 Å². The SMILES string of the molecule is CNC(C#N)(COc1cc(OC)cc(OC)c1)C1CC1. The van der Waals surface area contributed by atoms with Gasteiger partial charge in [0.1, 0.15) is 29.4 Å². The second-order valence-corrected chi connectivity index (χ2v) is 4.94. The van der Waals surface area contributed by atoms with E-state index in [0.29, 0.717) is 29.8 Å². The van der Waals surface area contributed by atoms with Crippen LogP contribution in [0.3, 0.4) is 0 Å². The highest BCUT2D eigenvalue weighted by Crippen LogP contribution is 2.40. The number of nitriles is 1. The Morgan fingerprint density at radius 1 is 1.20 bits per heavy atom. The summed E-state index contributed by atoms with van der Waals surface area (Å²) in [5.74, 6) is 2.33. The monoisotopic (exact) mass is 276 g/mol. The van der Waals surface area contributed by atoms with Crippen LogP contribution in [0, 0.1) is 17.2 Å². The summed E-state index contributed by atoms with van der Waals surface area (Å²) in [5.41, 5.74) is -0.615. The van der Waals surface area contributed by atoms with Crippen LogP contribution in [0.2, 0.25) is 0 Å². The minimum absolute atomic E-state index is 0.307. The van der Waals surface area contributed by atoms with Crippen LogP contribution in [0.25, 0.3) is 0 Å². The van der Waals surface area contributed by atoms with E-state index in [1.165, 1.54) is 0 Å². The average molecular weight is 276 g/mol. The largest absolute Gasteiger partial charge is 0.496 e. The van der Waals surface area contributed by atoms with E-state index in [-0.39, 0.29) is 0 Å². The summed E-state index contributed by atoms with van der Waals surface area (Å²) in [4.78, 5) is 0. The molecule has 5 heteroatoms. The van der Waals surface area contributed by atoms with E-state index in [1.54, 1.807) is 39.5 Å². The molecule has 0 bridgehead atoms. The Morgan fingerprint density at radius 3 is 2.15 bits per heavy atom. The Labute approximate surface area is 119 Å². The first kappa shape index (κ1) is 14.5. The van der Waals surface area contributed by atoms with E-state index in [9.17, 15) is 5.26 Å². The van der Waals surface area contributed by atoms with Gasteiger partial charge < -0.3 is 14.2 Å². The fourth-order valence-electron chi connectivity index (χ4n) is 2.21. The van der Waals surface area contributed by atoms with E-state index in [4.69, 9.17) is 14.2 Å². The van der Waals surface area contributed by atoms with Crippen molar-refractivity contribution in [2.45, 2.75) is 18.4 Å². The van der Waals surface area contributed by atoms with Crippen molar-refractivity contribution in [2.24, 2.45) is 5.92 Å². The predicted molar refractivity (Wildman–Crippen MR) is 75.2 cm³/mol. The molecule has 0 radical (unpaired) electrons. The Kier molecular flexibility index (Phi) is 4.35. The highest BCUT2D eigenvalue weighted by molar-refractivity contribution is 5.42. The Morgan fingerprint density at radius 2 is 1.75 bits per heavy atom. The molecule has 2 rings (SSSR count). The maximum Gasteiger partial charge on any atom is 0.143 e. The number of hydrogen-bond donors (Lipinski definition) is 1. The van der Waals surface area contributed by atoms with Crippen molar-refractivity contribution in [1.29, 1.82) is 5.26 Å². The molecular formula is C15H20N2O3. The van der Waals surface area contributed by atoms with Crippen molar-refractivity contribution in [2.75, 3.05) is 27.9 Å². The molecule has 20 heavy (non-hydrogen) atoms. The Bertz CT molecular complexity index is 486. The number of hydrogen-bond acceptors (Lipinski definition) is 5. The van der Waals surface area contributed by atoms with Gasteiger partial charge in [0, 0.05) is 18.2 Å². The van der Waals surface area contributed by atoms with Crippen LogP contribution in [0.1, 0.15) is 12.8 Å². The fraction of sp³-hybridized carbons (Fsp3) is 0.533. The summed E-state index contributed by atoms with van der Waals surface area (Å²) in [7, 11) is 4.99. The Balaban J connectivity index is 2.11. The normalized spacial score (nSPS) is 16.9. The molecule has 1 fully saturated rings. The molecule has 0 saturated heterocycles. The van der Waals surface area contributed by atoms with Gasteiger partial charge in [-0.15, -0.1) is 0 Å². The zero-order valence-electron chi connectivity index (χ0n) is 12.1. The minimum atomic E-state index is -0.615. The summed E-state index contributed by atoms with van der Waals surface area (Å²) in [5, 5.41) is 12.5. The third-order valence-electron chi connectivity index (χ3n) is 3.71. The summed E-state index contributed by atoms with van der Waals surface area (Å²) in [6, 6.07) is 7.71. The molecule has 1 aromatic carbocycles. The molecule has 5 nitrogen and oxygen atoms in total. The molecule has 0 amide bonds. The lowest BCUT2D eigenvalue weighted by Gasteiger charge is -2.26. The van der Waals surface area contributed by atoms with Gasteiger partial charge in [-0.25, -0.2) is 0 Å². The molecular weight excluding hydrogens is 256 g/mol. The number of rotatable bonds is 7. The highest BCUT2D eigenvalue weighted by Gasteiger charge is 2.45. The van der Waals surface area contributed by atoms with E-state index in [0.717, 1.165) is 12.8 Å². The zero-order valence-corrected chi connectivity index (χ0v) is 12.1. The molecule has 108 valence electrons. The first-order valence-electron chi connectivity index (χ1n) is 6.63. The van der Waals surface area contributed by atoms with Gasteiger partial charge in [-0.2, -0.15) is 5.26 Å². The smallest absolute Gasteiger partial charge is 0.143 e. The fourth-order valence-corrected chi connectivity index (χ4v) is 2.21. The topological polar surface area (TPSA) is 63.5 Å². The van der Waals surface area contributed by atoms with Gasteiger partial charge in [0.05, 0.1) is 20.3 Å². The van der Waals surface area contributed by atoms with Crippen molar-refractivity contribution in [3.05, 3.63) is 18.2 Å². The lowest BCUT2D eigenvalue weighted by Crippen LogP contribution is -2.49. The lowest BCUT2D eigenvalue weighted by atomic mass is 9.96. The number of nitrogens with one attached hydrogen (secondary N) is 1. The predicted octanol–water partition coefficient (Wildman–Crippen LogP) is 1.97. The molecule has 0 aromatic heterocycles. The molecule has 1 N–H and O–H groups in total. The highest BCUT2D eigenvalue weighted by atomic mass is 16.5. The number of benzene rings is 1. The van der Waals surface area contributed by atoms with Gasteiger partial charge in [0.15, 0.2) is 0 Å². The van der Waals surface area contributed by atoms with E-state index < -0.39 is 5.54 Å². The van der Waals surface area contributed by atoms with Gasteiger partial charge in [0.2, 0.25) is 0 Å². The van der Waals surface area contributed by atoms with Gasteiger partial charge in [-0.05, 0) is 25.8 Å². The van der Waals surface area contributed by atoms with Crippen molar-refractivity contribution in [1.82, 2.24) is 5.32 Å².